The average molecular weight is 489 g/mol. The summed E-state index contributed by atoms with van der Waals surface area (Å²) < 4.78 is 6.04. The number of anilines is 2. The van der Waals surface area contributed by atoms with Crippen LogP contribution >= 0.6 is 0 Å². The van der Waals surface area contributed by atoms with E-state index < -0.39 is 0 Å². The number of fused-ring (bicyclic) bond motifs is 1. The lowest BCUT2D eigenvalue weighted by molar-refractivity contribution is -0.0303. The van der Waals surface area contributed by atoms with Crippen molar-refractivity contribution in [3.63, 3.8) is 0 Å². The third-order valence-electron chi connectivity index (χ3n) is 7.46. The van der Waals surface area contributed by atoms with Crippen molar-refractivity contribution >= 4 is 22.7 Å². The first-order valence-corrected chi connectivity index (χ1v) is 13.4. The number of para-hydroxylation sites is 1. The van der Waals surface area contributed by atoms with Gasteiger partial charge in [-0.1, -0.05) is 42.5 Å². The predicted octanol–water partition coefficient (Wildman–Crippen LogP) is 4.16. The van der Waals surface area contributed by atoms with Crippen LogP contribution < -0.4 is 15.5 Å². The summed E-state index contributed by atoms with van der Waals surface area (Å²) in [6.45, 7) is 5.85. The molecule has 3 aromatic rings. The zero-order valence-corrected chi connectivity index (χ0v) is 21.7. The molecule has 2 aromatic carbocycles. The highest BCUT2D eigenvalue weighted by Gasteiger charge is 2.24. The van der Waals surface area contributed by atoms with Crippen LogP contribution in [0.5, 0.6) is 0 Å². The number of nitrogens with zero attached hydrogens (tertiary/aromatic N) is 4. The summed E-state index contributed by atoms with van der Waals surface area (Å²) in [5.41, 5.74) is 2.37. The number of morpholine rings is 1. The van der Waals surface area contributed by atoms with Gasteiger partial charge in [0.15, 0.2) is 0 Å². The molecular weight excluding hydrogens is 448 g/mol. The topological polar surface area (TPSA) is 65.6 Å². The zero-order chi connectivity index (χ0) is 24.7. The van der Waals surface area contributed by atoms with Gasteiger partial charge in [-0.25, -0.2) is 4.98 Å². The van der Waals surface area contributed by atoms with Crippen LogP contribution in [0.3, 0.4) is 0 Å². The minimum Gasteiger partial charge on any atom is -0.374 e. The standard InChI is InChI=1S/C29H40N6O/c1-34(2)28-26-10-6-7-11-27(26)32-29(33-28)31-24-14-12-22(13-15-24)18-30-19-25-21-35(16-17-36-25)20-23-8-4-3-5-9-23/h3-11,22,24-25,30H,12-21H2,1-2H3,(H,31,32,33). The first-order valence-electron chi connectivity index (χ1n) is 13.4. The molecule has 1 atom stereocenters. The highest BCUT2D eigenvalue weighted by atomic mass is 16.5. The Hall–Kier alpha value is -2.74. The SMILES string of the molecule is CN(C)c1nc(NC2CCC(CNCC3CN(Cc4ccccc4)CCO3)CC2)nc2ccccc12. The van der Waals surface area contributed by atoms with Gasteiger partial charge in [-0.2, -0.15) is 4.98 Å². The van der Waals surface area contributed by atoms with Gasteiger partial charge < -0.3 is 20.3 Å². The Bertz CT molecular complexity index is 1100. The minimum absolute atomic E-state index is 0.274. The van der Waals surface area contributed by atoms with Crippen molar-refractivity contribution in [1.29, 1.82) is 0 Å². The van der Waals surface area contributed by atoms with E-state index in [4.69, 9.17) is 14.7 Å². The van der Waals surface area contributed by atoms with Crippen LogP contribution in [0, 0.1) is 5.92 Å². The van der Waals surface area contributed by atoms with Crippen LogP contribution in [0.4, 0.5) is 11.8 Å². The second-order valence-corrected chi connectivity index (χ2v) is 10.5. The van der Waals surface area contributed by atoms with Crippen molar-refractivity contribution in [2.75, 3.05) is 57.1 Å². The van der Waals surface area contributed by atoms with Gasteiger partial charge in [0.2, 0.25) is 5.95 Å². The summed E-state index contributed by atoms with van der Waals surface area (Å²) in [4.78, 5) is 14.2. The second-order valence-electron chi connectivity index (χ2n) is 10.5. The number of hydrogen-bond acceptors (Lipinski definition) is 7. The largest absolute Gasteiger partial charge is 0.374 e. The molecule has 0 spiro atoms. The van der Waals surface area contributed by atoms with Gasteiger partial charge in [-0.05, 0) is 55.8 Å². The van der Waals surface area contributed by atoms with Crippen molar-refractivity contribution < 1.29 is 4.74 Å². The lowest BCUT2D eigenvalue weighted by atomic mass is 9.86. The number of nitrogens with one attached hydrogen (secondary N) is 2. The van der Waals surface area contributed by atoms with Gasteiger partial charge in [-0.3, -0.25) is 4.90 Å². The van der Waals surface area contributed by atoms with E-state index >= 15 is 0 Å². The molecule has 2 heterocycles. The first kappa shape index (κ1) is 24.9. The zero-order valence-electron chi connectivity index (χ0n) is 21.7. The Balaban J connectivity index is 1.05. The minimum atomic E-state index is 0.274. The monoisotopic (exact) mass is 488 g/mol. The fourth-order valence-corrected chi connectivity index (χ4v) is 5.50. The summed E-state index contributed by atoms with van der Waals surface area (Å²) in [5, 5.41) is 8.43. The van der Waals surface area contributed by atoms with E-state index in [1.165, 1.54) is 18.4 Å². The van der Waals surface area contributed by atoms with Gasteiger partial charge in [0.05, 0.1) is 18.2 Å². The summed E-state index contributed by atoms with van der Waals surface area (Å²) in [6.07, 6.45) is 5.04. The molecule has 1 aromatic heterocycles. The average Bonchev–Trinajstić information content (AvgIpc) is 2.90. The van der Waals surface area contributed by atoms with E-state index in [0.29, 0.717) is 6.04 Å². The summed E-state index contributed by atoms with van der Waals surface area (Å²) in [6, 6.07) is 19.4. The van der Waals surface area contributed by atoms with Crippen LogP contribution in [0.2, 0.25) is 0 Å². The predicted molar refractivity (Wildman–Crippen MR) is 148 cm³/mol. The maximum absolute atomic E-state index is 6.04. The maximum atomic E-state index is 6.04. The Morgan fingerprint density at radius 3 is 2.53 bits per heavy atom. The molecule has 1 unspecified atom stereocenters. The fourth-order valence-electron chi connectivity index (χ4n) is 5.50. The normalized spacial score (nSPS) is 23.0. The summed E-state index contributed by atoms with van der Waals surface area (Å²) >= 11 is 0. The van der Waals surface area contributed by atoms with E-state index in [1.54, 1.807) is 0 Å². The molecule has 0 radical (unpaired) electrons. The number of hydrogen-bond donors (Lipinski definition) is 2. The van der Waals surface area contributed by atoms with Crippen LogP contribution in [-0.2, 0) is 11.3 Å². The molecule has 2 fully saturated rings. The third kappa shape index (κ3) is 6.52. The molecule has 7 nitrogen and oxygen atoms in total. The Morgan fingerprint density at radius 2 is 1.72 bits per heavy atom. The van der Waals surface area contributed by atoms with Gasteiger partial charge >= 0.3 is 0 Å². The molecule has 1 saturated heterocycles. The molecule has 2 N–H and O–H groups in total. The van der Waals surface area contributed by atoms with E-state index in [9.17, 15) is 0 Å². The Morgan fingerprint density at radius 1 is 0.944 bits per heavy atom. The number of rotatable bonds is 9. The number of aromatic nitrogens is 2. The molecule has 1 aliphatic carbocycles. The van der Waals surface area contributed by atoms with Gasteiger partial charge in [0.1, 0.15) is 5.82 Å². The molecule has 0 bridgehead atoms. The fraction of sp³-hybridized carbons (Fsp3) is 0.517. The van der Waals surface area contributed by atoms with Crippen molar-refractivity contribution in [2.24, 2.45) is 5.92 Å². The molecule has 36 heavy (non-hydrogen) atoms. The number of ether oxygens (including phenoxy) is 1. The van der Waals surface area contributed by atoms with E-state index in [2.05, 4.69) is 62.9 Å². The third-order valence-corrected chi connectivity index (χ3v) is 7.46. The van der Waals surface area contributed by atoms with E-state index in [1.807, 2.05) is 26.2 Å². The van der Waals surface area contributed by atoms with Crippen molar-refractivity contribution in [3.05, 3.63) is 60.2 Å². The maximum Gasteiger partial charge on any atom is 0.225 e. The van der Waals surface area contributed by atoms with Crippen molar-refractivity contribution in [2.45, 2.75) is 44.4 Å². The molecule has 1 saturated carbocycles. The van der Waals surface area contributed by atoms with Crippen molar-refractivity contribution in [3.8, 4) is 0 Å². The smallest absolute Gasteiger partial charge is 0.225 e. The van der Waals surface area contributed by atoms with Gasteiger partial charge in [0, 0.05) is 51.7 Å². The van der Waals surface area contributed by atoms with Gasteiger partial charge in [-0.15, -0.1) is 0 Å². The lowest BCUT2D eigenvalue weighted by Gasteiger charge is -2.34. The van der Waals surface area contributed by atoms with Crippen LogP contribution in [-0.4, -0.2) is 73.9 Å². The lowest BCUT2D eigenvalue weighted by Crippen LogP contribution is -2.46. The van der Waals surface area contributed by atoms with Crippen LogP contribution in [0.25, 0.3) is 10.9 Å². The quantitative estimate of drug-likeness (QED) is 0.469. The highest BCUT2D eigenvalue weighted by Crippen LogP contribution is 2.28. The summed E-state index contributed by atoms with van der Waals surface area (Å²) in [7, 11) is 4.08. The number of benzene rings is 2. The molecule has 1 aliphatic heterocycles. The van der Waals surface area contributed by atoms with E-state index in [0.717, 1.165) is 80.8 Å². The molecule has 7 heteroatoms. The first-order chi connectivity index (χ1) is 17.6. The highest BCUT2D eigenvalue weighted by molar-refractivity contribution is 5.90. The molecule has 0 amide bonds. The van der Waals surface area contributed by atoms with E-state index in [-0.39, 0.29) is 6.10 Å². The molecule has 5 rings (SSSR count). The van der Waals surface area contributed by atoms with Gasteiger partial charge in [0.25, 0.3) is 0 Å². The molecule has 2 aliphatic rings. The molecule has 192 valence electrons. The summed E-state index contributed by atoms with van der Waals surface area (Å²) in [5.74, 6) is 2.43. The molecular formula is C29H40N6O. The van der Waals surface area contributed by atoms with Crippen LogP contribution in [0.1, 0.15) is 31.2 Å². The Labute approximate surface area is 215 Å². The van der Waals surface area contributed by atoms with Crippen LogP contribution in [0.15, 0.2) is 54.6 Å². The second kappa shape index (κ2) is 12.0. The van der Waals surface area contributed by atoms with Crippen molar-refractivity contribution in [1.82, 2.24) is 20.2 Å². The Kier molecular flexibility index (Phi) is 8.31.